The molecule has 0 aliphatic heterocycles. The van der Waals surface area contributed by atoms with E-state index in [0.717, 1.165) is 27.0 Å². The molecule has 12 heteroatoms. The van der Waals surface area contributed by atoms with E-state index in [2.05, 4.69) is 35.2 Å². The van der Waals surface area contributed by atoms with Crippen molar-refractivity contribution in [1.82, 2.24) is 14.5 Å². The molecule has 0 spiro atoms. The first-order valence-electron chi connectivity index (χ1n) is 12.9. The Labute approximate surface area is 250 Å². The van der Waals surface area contributed by atoms with Crippen LogP contribution in [-0.2, 0) is 36.2 Å². The summed E-state index contributed by atoms with van der Waals surface area (Å²) in [7, 11) is -3.25. The van der Waals surface area contributed by atoms with Crippen LogP contribution in [-0.4, -0.2) is 47.3 Å². The largest absolute Gasteiger partial charge is 0.361 e. The average molecular weight is 627 g/mol. The number of pyridine rings is 1. The van der Waals surface area contributed by atoms with Gasteiger partial charge in [-0.1, -0.05) is 60.7 Å². The molecule has 0 radical (unpaired) electrons. The first-order valence-corrected chi connectivity index (χ1v) is 16.2. The highest BCUT2D eigenvalue weighted by atomic mass is 35.5. The third-order valence-electron chi connectivity index (χ3n) is 5.32. The fourth-order valence-electron chi connectivity index (χ4n) is 3.64. The van der Waals surface area contributed by atoms with Crippen molar-refractivity contribution in [2.75, 3.05) is 32.8 Å². The van der Waals surface area contributed by atoms with Crippen LogP contribution in [0.4, 0.5) is 0 Å². The molecule has 216 valence electrons. The smallest absolute Gasteiger partial charge is 0.356 e. The van der Waals surface area contributed by atoms with Gasteiger partial charge >= 0.3 is 7.60 Å². The van der Waals surface area contributed by atoms with Crippen LogP contribution < -0.4 is 0 Å². The zero-order valence-corrected chi connectivity index (χ0v) is 26.3. The third-order valence-corrected chi connectivity index (χ3v) is 8.65. The fourth-order valence-corrected chi connectivity index (χ4v) is 6.88. The van der Waals surface area contributed by atoms with E-state index in [1.807, 2.05) is 24.3 Å². The van der Waals surface area contributed by atoms with E-state index in [-0.39, 0.29) is 45.3 Å². The number of ether oxygens (including phenoxy) is 2. The molecule has 0 amide bonds. The number of rotatable bonds is 15. The van der Waals surface area contributed by atoms with Crippen LogP contribution in [0.3, 0.4) is 0 Å². The minimum absolute atomic E-state index is 0.0879. The van der Waals surface area contributed by atoms with Crippen LogP contribution in [0.15, 0.2) is 52.6 Å². The van der Waals surface area contributed by atoms with Gasteiger partial charge in [-0.25, -0.2) is 4.98 Å². The molecule has 0 unspecified atom stereocenters. The lowest BCUT2D eigenvalue weighted by atomic mass is 10.1. The van der Waals surface area contributed by atoms with E-state index in [1.165, 1.54) is 0 Å². The monoisotopic (exact) mass is 625 g/mol. The van der Waals surface area contributed by atoms with Gasteiger partial charge in [-0.15, -0.1) is 0 Å². The molecule has 1 aromatic carbocycles. The number of nitrogens with zero attached hydrogens (tertiary/aromatic N) is 3. The Morgan fingerprint density at radius 1 is 1.00 bits per heavy atom. The highest BCUT2D eigenvalue weighted by Crippen LogP contribution is 2.47. The molecule has 2 aromatic heterocycles. The number of imidazole rings is 1. The van der Waals surface area contributed by atoms with E-state index < -0.39 is 7.60 Å². The van der Waals surface area contributed by atoms with Crippen LogP contribution in [0, 0.1) is 11.8 Å². The topological polar surface area (TPSA) is 84.7 Å². The number of benzene rings is 1. The molecule has 0 saturated heterocycles. The average Bonchev–Trinajstić information content (AvgIpc) is 3.22. The first kappa shape index (κ1) is 32.7. The molecular weight excluding hydrogens is 592 g/mol. The number of hydrogen-bond acceptors (Lipinski definition) is 8. The van der Waals surface area contributed by atoms with Crippen molar-refractivity contribution in [3.63, 3.8) is 0 Å². The fraction of sp³-hybridized carbons (Fsp3) is 0.429. The highest BCUT2D eigenvalue weighted by Gasteiger charge is 2.23. The lowest BCUT2D eigenvalue weighted by Gasteiger charge is -2.15. The summed E-state index contributed by atoms with van der Waals surface area (Å²) in [6, 6.07) is 9.45. The van der Waals surface area contributed by atoms with Gasteiger partial charge in [0.1, 0.15) is 37.0 Å². The van der Waals surface area contributed by atoms with Gasteiger partial charge in [-0.3, -0.25) is 9.55 Å². The van der Waals surface area contributed by atoms with Gasteiger partial charge in [0.25, 0.3) is 0 Å². The summed E-state index contributed by atoms with van der Waals surface area (Å²) >= 11 is 14.1. The summed E-state index contributed by atoms with van der Waals surface area (Å²) in [4.78, 5) is 10.0. The maximum atomic E-state index is 12.4. The molecule has 0 aliphatic carbocycles. The number of halogens is 2. The van der Waals surface area contributed by atoms with E-state index in [9.17, 15) is 4.57 Å². The van der Waals surface area contributed by atoms with Crippen molar-refractivity contribution in [1.29, 1.82) is 0 Å². The van der Waals surface area contributed by atoms with Gasteiger partial charge in [0.15, 0.2) is 0 Å². The Kier molecular flexibility index (Phi) is 13.5. The van der Waals surface area contributed by atoms with Crippen molar-refractivity contribution in [3.05, 3.63) is 69.9 Å². The molecule has 0 atom stereocenters. The van der Waals surface area contributed by atoms with Gasteiger partial charge in [0, 0.05) is 27.3 Å². The first-order chi connectivity index (χ1) is 19.2. The molecule has 0 saturated carbocycles. The summed E-state index contributed by atoms with van der Waals surface area (Å²) < 4.78 is 36.2. The second-order valence-corrected chi connectivity index (χ2v) is 12.7. The molecule has 2 heterocycles. The Bertz CT molecular complexity index is 1310. The summed E-state index contributed by atoms with van der Waals surface area (Å²) in [6.45, 7) is 9.42. The number of hydrogen-bond donors (Lipinski definition) is 0. The zero-order valence-electron chi connectivity index (χ0n) is 23.1. The summed E-state index contributed by atoms with van der Waals surface area (Å²) in [5.41, 5.74) is 2.05. The Balaban J connectivity index is 1.72. The van der Waals surface area contributed by atoms with Crippen LogP contribution in [0.5, 0.6) is 0 Å². The molecule has 0 aliphatic rings. The van der Waals surface area contributed by atoms with E-state index in [4.69, 9.17) is 46.7 Å². The summed E-state index contributed by atoms with van der Waals surface area (Å²) in [5, 5.41) is 2.15. The summed E-state index contributed by atoms with van der Waals surface area (Å²) in [5.74, 6) is 6.75. The Morgan fingerprint density at radius 2 is 1.62 bits per heavy atom. The van der Waals surface area contributed by atoms with Crippen LogP contribution in [0.25, 0.3) is 0 Å². The molecular formula is C28H34Cl2N3O5PS. The predicted molar refractivity (Wildman–Crippen MR) is 159 cm³/mol. The van der Waals surface area contributed by atoms with Gasteiger partial charge in [-0.05, 0) is 55.7 Å². The van der Waals surface area contributed by atoms with Crippen molar-refractivity contribution >= 4 is 42.6 Å². The second kappa shape index (κ2) is 16.5. The molecule has 3 rings (SSSR count). The molecule has 0 bridgehead atoms. The van der Waals surface area contributed by atoms with Crippen molar-refractivity contribution in [3.8, 4) is 11.8 Å². The van der Waals surface area contributed by atoms with Gasteiger partial charge in [0.05, 0.1) is 25.5 Å². The van der Waals surface area contributed by atoms with E-state index in [1.54, 1.807) is 44.1 Å². The minimum Gasteiger partial charge on any atom is -0.361 e. The van der Waals surface area contributed by atoms with Crippen LogP contribution in [0.2, 0.25) is 10.0 Å². The van der Waals surface area contributed by atoms with Gasteiger partial charge in [-0.2, -0.15) is 0 Å². The molecule has 0 fully saturated rings. The van der Waals surface area contributed by atoms with Crippen LogP contribution in [0.1, 0.15) is 50.7 Å². The third kappa shape index (κ3) is 10.2. The van der Waals surface area contributed by atoms with Gasteiger partial charge < -0.3 is 23.1 Å². The highest BCUT2D eigenvalue weighted by molar-refractivity contribution is 7.99. The molecule has 8 nitrogen and oxygen atoms in total. The second-order valence-electron chi connectivity index (χ2n) is 8.79. The maximum Gasteiger partial charge on any atom is 0.356 e. The maximum absolute atomic E-state index is 12.4. The molecule has 0 N–H and O–H groups in total. The van der Waals surface area contributed by atoms with E-state index in [0.29, 0.717) is 16.6 Å². The number of aromatic nitrogens is 3. The quantitative estimate of drug-likeness (QED) is 0.0966. The lowest BCUT2D eigenvalue weighted by Crippen LogP contribution is -2.08. The Hall–Kier alpha value is -1.86. The molecule has 3 aromatic rings. The lowest BCUT2D eigenvalue weighted by molar-refractivity contribution is 0.142. The Morgan fingerprint density at radius 3 is 2.23 bits per heavy atom. The standard InChI is InChI=1S/C28H34Cl2N3O5PS/c1-5-37-39(34,38-6-2)20-36-14-8-7-13-35-19-26-32-27(21(3)4)28(33(26)18-22-9-11-31-12-10-22)40-25-16-23(29)15-24(30)17-25/h9-12,15-17,21H,5-6,13-14,18-20H2,1-4H3. The van der Waals surface area contributed by atoms with Gasteiger partial charge in [0.2, 0.25) is 0 Å². The van der Waals surface area contributed by atoms with Crippen LogP contribution >= 0.6 is 42.6 Å². The van der Waals surface area contributed by atoms with Crippen molar-refractivity contribution < 1.29 is 23.1 Å². The van der Waals surface area contributed by atoms with E-state index >= 15 is 0 Å². The summed E-state index contributed by atoms with van der Waals surface area (Å²) in [6.07, 6.45) is 3.40. The van der Waals surface area contributed by atoms with Crippen molar-refractivity contribution in [2.45, 2.75) is 56.7 Å². The zero-order chi connectivity index (χ0) is 29.0. The predicted octanol–water partition coefficient (Wildman–Crippen LogP) is 7.67. The normalized spacial score (nSPS) is 11.6. The van der Waals surface area contributed by atoms with Crippen molar-refractivity contribution in [2.24, 2.45) is 0 Å². The SMILES string of the molecule is CCOP(=O)(COCC#CCOCc1nc(C(C)C)c(Sc2cc(Cl)cc(Cl)c2)n1Cc1ccncc1)OCC. The minimum atomic E-state index is -3.25. The molecule has 40 heavy (non-hydrogen) atoms.